The molecule has 0 radical (unpaired) electrons. The summed E-state index contributed by atoms with van der Waals surface area (Å²) in [4.78, 5) is 10.7. The van der Waals surface area contributed by atoms with Crippen molar-refractivity contribution in [1.29, 1.82) is 0 Å². The second-order valence-electron chi connectivity index (χ2n) is 1.80. The molecule has 1 rings (SSSR count). The van der Waals surface area contributed by atoms with Gasteiger partial charge in [0.15, 0.2) is 0 Å². The van der Waals surface area contributed by atoms with Crippen LogP contribution in [0.2, 0.25) is 0 Å². The van der Waals surface area contributed by atoms with Crippen molar-refractivity contribution in [3.05, 3.63) is 12.2 Å². The fourth-order valence-corrected chi connectivity index (χ4v) is 0.564. The molecule has 0 aliphatic carbocycles. The van der Waals surface area contributed by atoms with E-state index < -0.39 is 0 Å². The third-order valence-electron chi connectivity index (χ3n) is 1.08. The van der Waals surface area contributed by atoms with Gasteiger partial charge in [0.2, 0.25) is 0 Å². The van der Waals surface area contributed by atoms with Crippen LogP contribution >= 0.6 is 0 Å². The Bertz CT molecular complexity index is 173. The van der Waals surface area contributed by atoms with Crippen LogP contribution in [0.3, 0.4) is 0 Å². The highest BCUT2D eigenvalue weighted by molar-refractivity contribution is 5.89. The van der Waals surface area contributed by atoms with Crippen molar-refractivity contribution >= 4 is 12.1 Å². The summed E-state index contributed by atoms with van der Waals surface area (Å²) in [6.07, 6.45) is 5.75. The lowest BCUT2D eigenvalue weighted by Crippen LogP contribution is -2.17. The van der Waals surface area contributed by atoms with E-state index in [1.165, 1.54) is 11.1 Å². The number of allylic oxidation sites excluding steroid dienone is 1. The quantitative estimate of drug-likeness (QED) is 0.519. The zero-order valence-electron chi connectivity index (χ0n) is 7.24. The summed E-state index contributed by atoms with van der Waals surface area (Å²) in [5.74, 6) is -0.0660. The lowest BCUT2D eigenvalue weighted by Gasteiger charge is -2.03. The van der Waals surface area contributed by atoms with E-state index in [9.17, 15) is 4.79 Å². The molecular formula is C8H14N2O. The zero-order valence-corrected chi connectivity index (χ0v) is 7.24. The highest BCUT2D eigenvalue weighted by Gasteiger charge is 2.01. The second kappa shape index (κ2) is 5.65. The molecule has 0 spiro atoms. The fraction of sp³-hybridized carbons (Fsp3) is 0.500. The maximum Gasteiger partial charge on any atom is 0.266 e. The summed E-state index contributed by atoms with van der Waals surface area (Å²) in [6, 6.07) is 0. The number of hydrazone groups is 1. The van der Waals surface area contributed by atoms with Crippen LogP contribution in [-0.4, -0.2) is 24.2 Å². The molecule has 1 amide bonds. The molecule has 0 saturated carbocycles. The van der Waals surface area contributed by atoms with Gasteiger partial charge in [0, 0.05) is 25.8 Å². The topological polar surface area (TPSA) is 32.7 Å². The van der Waals surface area contributed by atoms with Gasteiger partial charge >= 0.3 is 0 Å². The number of likely N-dealkylation sites (N-methyl/N-ethyl adjacent to an activating group) is 1. The molecule has 62 valence electrons. The fourth-order valence-electron chi connectivity index (χ4n) is 0.564. The van der Waals surface area contributed by atoms with Crippen LogP contribution in [0.25, 0.3) is 0 Å². The van der Waals surface area contributed by atoms with E-state index in [-0.39, 0.29) is 5.91 Å². The molecule has 0 atom stereocenters. The Labute approximate surface area is 67.4 Å². The molecule has 3 heteroatoms. The van der Waals surface area contributed by atoms with E-state index in [1.54, 1.807) is 19.3 Å². The first-order chi connectivity index (χ1) is 5.30. The number of carbonyl (C=O) groups excluding carboxylic acids is 1. The number of nitrogens with zero attached hydrogens (tertiary/aromatic N) is 2. The summed E-state index contributed by atoms with van der Waals surface area (Å²) in [5, 5.41) is 5.11. The van der Waals surface area contributed by atoms with Crippen molar-refractivity contribution in [3.8, 4) is 0 Å². The molecular weight excluding hydrogens is 140 g/mol. The Morgan fingerprint density at radius 1 is 1.55 bits per heavy atom. The molecule has 0 aromatic heterocycles. The van der Waals surface area contributed by atoms with Gasteiger partial charge < -0.3 is 0 Å². The minimum atomic E-state index is -0.0660. The Morgan fingerprint density at radius 3 is 2.82 bits per heavy atom. The molecule has 1 heterocycles. The van der Waals surface area contributed by atoms with E-state index >= 15 is 0 Å². The van der Waals surface area contributed by atoms with Crippen LogP contribution in [0, 0.1) is 0 Å². The molecule has 0 bridgehead atoms. The highest BCUT2D eigenvalue weighted by Crippen LogP contribution is 1.93. The lowest BCUT2D eigenvalue weighted by atomic mass is 10.4. The first-order valence-corrected chi connectivity index (χ1v) is 3.77. The van der Waals surface area contributed by atoms with Gasteiger partial charge in [-0.3, -0.25) is 4.79 Å². The Balaban J connectivity index is 0.000000461. The molecule has 0 aromatic carbocycles. The predicted octanol–water partition coefficient (Wildman–Crippen LogP) is 1.42. The Kier molecular flexibility index (Phi) is 5.07. The molecule has 0 fully saturated rings. The van der Waals surface area contributed by atoms with Gasteiger partial charge in [0.25, 0.3) is 5.91 Å². The first-order valence-electron chi connectivity index (χ1n) is 3.77. The summed E-state index contributed by atoms with van der Waals surface area (Å²) in [7, 11) is 1.63. The zero-order chi connectivity index (χ0) is 8.69. The largest absolute Gasteiger partial charge is 0.268 e. The molecule has 11 heavy (non-hydrogen) atoms. The van der Waals surface area contributed by atoms with Gasteiger partial charge in [-0.15, -0.1) is 0 Å². The Morgan fingerprint density at radius 2 is 2.18 bits per heavy atom. The van der Waals surface area contributed by atoms with E-state index in [1.807, 2.05) is 13.8 Å². The van der Waals surface area contributed by atoms with Crippen LogP contribution in [-0.2, 0) is 4.79 Å². The maximum absolute atomic E-state index is 10.7. The summed E-state index contributed by atoms with van der Waals surface area (Å²) >= 11 is 0. The van der Waals surface area contributed by atoms with Gasteiger partial charge in [0.1, 0.15) is 0 Å². The van der Waals surface area contributed by atoms with Gasteiger partial charge in [-0.1, -0.05) is 19.9 Å². The van der Waals surface area contributed by atoms with Gasteiger partial charge in [-0.05, 0) is 0 Å². The predicted molar refractivity (Wildman–Crippen MR) is 46.4 cm³/mol. The van der Waals surface area contributed by atoms with Crippen LogP contribution in [0.15, 0.2) is 17.3 Å². The highest BCUT2D eigenvalue weighted by atomic mass is 16.2. The molecule has 0 N–H and O–H groups in total. The molecule has 1 aliphatic heterocycles. The maximum atomic E-state index is 10.7. The van der Waals surface area contributed by atoms with Crippen LogP contribution in [0.5, 0.6) is 0 Å². The van der Waals surface area contributed by atoms with E-state index in [0.717, 1.165) is 6.42 Å². The SMILES string of the molecule is CC.CN1N=CCC=CC1=O. The lowest BCUT2D eigenvalue weighted by molar-refractivity contribution is -0.124. The average molecular weight is 154 g/mol. The minimum Gasteiger partial charge on any atom is -0.268 e. The number of amides is 1. The Hall–Kier alpha value is -1.12. The van der Waals surface area contributed by atoms with Crippen molar-refractivity contribution in [2.75, 3.05) is 7.05 Å². The third-order valence-corrected chi connectivity index (χ3v) is 1.08. The van der Waals surface area contributed by atoms with Crippen molar-refractivity contribution in [2.24, 2.45) is 5.10 Å². The van der Waals surface area contributed by atoms with Crippen LogP contribution in [0.1, 0.15) is 20.3 Å². The van der Waals surface area contributed by atoms with Gasteiger partial charge in [0.05, 0.1) is 0 Å². The van der Waals surface area contributed by atoms with Crippen molar-refractivity contribution in [1.82, 2.24) is 5.01 Å². The standard InChI is InChI=1S/C6H8N2O.C2H6/c1-8-6(9)4-2-3-5-7-8;1-2/h2,4-5H,3H2,1H3;1-2H3. The van der Waals surface area contributed by atoms with Gasteiger partial charge in [-0.25, -0.2) is 5.01 Å². The normalized spacial score (nSPS) is 15.5. The third kappa shape index (κ3) is 3.55. The van der Waals surface area contributed by atoms with E-state index in [0.29, 0.717) is 0 Å². The average Bonchev–Trinajstić information content (AvgIpc) is 2.22. The van der Waals surface area contributed by atoms with Crippen molar-refractivity contribution in [2.45, 2.75) is 20.3 Å². The summed E-state index contributed by atoms with van der Waals surface area (Å²) in [6.45, 7) is 4.00. The second-order valence-corrected chi connectivity index (χ2v) is 1.80. The summed E-state index contributed by atoms with van der Waals surface area (Å²) in [5.41, 5.74) is 0. The van der Waals surface area contributed by atoms with Gasteiger partial charge in [-0.2, -0.15) is 5.10 Å². The molecule has 0 unspecified atom stereocenters. The number of hydrogen-bond donors (Lipinski definition) is 0. The molecule has 1 aliphatic rings. The van der Waals surface area contributed by atoms with E-state index in [2.05, 4.69) is 5.10 Å². The van der Waals surface area contributed by atoms with Crippen molar-refractivity contribution < 1.29 is 4.79 Å². The molecule has 0 aromatic rings. The van der Waals surface area contributed by atoms with Crippen molar-refractivity contribution in [3.63, 3.8) is 0 Å². The monoisotopic (exact) mass is 154 g/mol. The summed E-state index contributed by atoms with van der Waals surface area (Å²) < 4.78 is 0. The van der Waals surface area contributed by atoms with Crippen LogP contribution in [0.4, 0.5) is 0 Å². The smallest absolute Gasteiger partial charge is 0.266 e. The minimum absolute atomic E-state index is 0.0660. The number of hydrogen-bond acceptors (Lipinski definition) is 2. The number of rotatable bonds is 0. The first kappa shape index (κ1) is 9.88. The number of carbonyl (C=O) groups is 1. The molecule has 0 saturated heterocycles. The van der Waals surface area contributed by atoms with Crippen LogP contribution < -0.4 is 0 Å². The molecule has 3 nitrogen and oxygen atoms in total. The van der Waals surface area contributed by atoms with E-state index in [4.69, 9.17) is 0 Å².